The topological polar surface area (TPSA) is 61.0 Å². The van der Waals surface area contributed by atoms with E-state index in [9.17, 15) is 10.1 Å². The van der Waals surface area contributed by atoms with Crippen molar-refractivity contribution < 1.29 is 4.92 Å². The second-order valence-electron chi connectivity index (χ2n) is 5.16. The van der Waals surface area contributed by atoms with E-state index in [1.54, 1.807) is 6.07 Å². The minimum Gasteiger partial charge on any atom is -0.328 e. The van der Waals surface area contributed by atoms with Crippen molar-refractivity contribution in [1.82, 2.24) is 9.55 Å². The minimum absolute atomic E-state index is 0.0255. The van der Waals surface area contributed by atoms with Crippen molar-refractivity contribution in [3.05, 3.63) is 57.6 Å². The van der Waals surface area contributed by atoms with Gasteiger partial charge in [0, 0.05) is 35.5 Å². The molecule has 5 nitrogen and oxygen atoms in total. The van der Waals surface area contributed by atoms with Crippen molar-refractivity contribution in [1.29, 1.82) is 0 Å². The predicted molar refractivity (Wildman–Crippen MR) is 86.5 cm³/mol. The highest BCUT2D eigenvalue weighted by atomic mass is 35.5. The average molecular weight is 312 g/mol. The quantitative estimate of drug-likeness (QED) is 0.387. The molecule has 108 valence electrons. The minimum atomic E-state index is -0.415. The third-order valence-corrected chi connectivity index (χ3v) is 4.34. The Kier molecular flexibility index (Phi) is 2.62. The summed E-state index contributed by atoms with van der Waals surface area (Å²) < 4.78 is 1.92. The van der Waals surface area contributed by atoms with Gasteiger partial charge in [-0.25, -0.2) is 4.98 Å². The number of nitro benzene ring substituents is 1. The van der Waals surface area contributed by atoms with Crippen LogP contribution in [0.4, 0.5) is 5.69 Å². The van der Waals surface area contributed by atoms with Crippen molar-refractivity contribution in [2.45, 2.75) is 0 Å². The molecule has 6 heteroatoms. The summed E-state index contributed by atoms with van der Waals surface area (Å²) in [4.78, 5) is 15.2. The van der Waals surface area contributed by atoms with Crippen LogP contribution < -0.4 is 0 Å². The van der Waals surface area contributed by atoms with Crippen LogP contribution in [-0.4, -0.2) is 14.5 Å². The van der Waals surface area contributed by atoms with Crippen molar-refractivity contribution in [3.63, 3.8) is 0 Å². The number of fused-ring (bicyclic) bond motifs is 4. The maximum atomic E-state index is 11.0. The van der Waals surface area contributed by atoms with Crippen molar-refractivity contribution in [2.24, 2.45) is 7.05 Å². The Morgan fingerprint density at radius 3 is 2.73 bits per heavy atom. The lowest BCUT2D eigenvalue weighted by Crippen LogP contribution is -2.01. The molecule has 2 aromatic carbocycles. The first kappa shape index (κ1) is 13.0. The molecule has 0 radical (unpaired) electrons. The van der Waals surface area contributed by atoms with E-state index in [0.29, 0.717) is 10.4 Å². The van der Waals surface area contributed by atoms with Gasteiger partial charge < -0.3 is 4.57 Å². The Labute approximate surface area is 130 Å². The second-order valence-corrected chi connectivity index (χ2v) is 5.54. The summed E-state index contributed by atoms with van der Waals surface area (Å²) in [6.45, 7) is 0. The monoisotopic (exact) mass is 311 g/mol. The van der Waals surface area contributed by atoms with Crippen LogP contribution in [0.25, 0.3) is 33.2 Å². The van der Waals surface area contributed by atoms with E-state index in [2.05, 4.69) is 4.98 Å². The van der Waals surface area contributed by atoms with E-state index in [0.717, 1.165) is 27.8 Å². The van der Waals surface area contributed by atoms with Gasteiger partial charge in [0.15, 0.2) is 0 Å². The maximum Gasteiger partial charge on any atom is 0.270 e. The number of nitrogens with zero attached hydrogens (tertiary/aromatic N) is 3. The molecule has 2 heterocycles. The van der Waals surface area contributed by atoms with Crippen molar-refractivity contribution in [2.75, 3.05) is 0 Å². The zero-order valence-electron chi connectivity index (χ0n) is 11.6. The molecule has 2 aliphatic heterocycles. The van der Waals surface area contributed by atoms with Gasteiger partial charge in [0.05, 0.1) is 21.0 Å². The van der Waals surface area contributed by atoms with Crippen LogP contribution in [-0.2, 0) is 7.05 Å². The van der Waals surface area contributed by atoms with Gasteiger partial charge in [0.2, 0.25) is 0 Å². The maximum absolute atomic E-state index is 11.0. The first-order valence-corrected chi connectivity index (χ1v) is 7.06. The number of pyridine rings is 1. The Morgan fingerprint density at radius 1 is 1.18 bits per heavy atom. The van der Waals surface area contributed by atoms with Crippen LogP contribution in [0.1, 0.15) is 0 Å². The number of para-hydroxylation sites is 1. The number of hydrogen-bond donors (Lipinski definition) is 0. The van der Waals surface area contributed by atoms with Crippen molar-refractivity contribution >= 4 is 39.1 Å². The average Bonchev–Trinajstić information content (AvgIpc) is 2.92. The molecule has 22 heavy (non-hydrogen) atoms. The summed E-state index contributed by atoms with van der Waals surface area (Å²) >= 11 is 6.57. The number of halogens is 1. The summed E-state index contributed by atoms with van der Waals surface area (Å²) in [7, 11) is 1.89. The summed E-state index contributed by atoms with van der Waals surface area (Å²) in [5.41, 5.74) is 2.52. The Hall–Kier alpha value is -2.66. The zero-order chi connectivity index (χ0) is 15.4. The number of aryl methyl sites for hydroxylation is 1. The zero-order valence-corrected chi connectivity index (χ0v) is 12.3. The van der Waals surface area contributed by atoms with Gasteiger partial charge in [-0.05, 0) is 12.1 Å². The molecule has 2 aromatic rings. The van der Waals surface area contributed by atoms with Gasteiger partial charge in [-0.2, -0.15) is 0 Å². The Morgan fingerprint density at radius 2 is 1.95 bits per heavy atom. The fourth-order valence-corrected chi connectivity index (χ4v) is 3.22. The Bertz CT molecular complexity index is 1040. The van der Waals surface area contributed by atoms with E-state index in [4.69, 9.17) is 11.6 Å². The molecule has 0 aliphatic carbocycles. The molecular weight excluding hydrogens is 302 g/mol. The van der Waals surface area contributed by atoms with Crippen LogP contribution in [0.5, 0.6) is 0 Å². The Balaban J connectivity index is 2.24. The smallest absolute Gasteiger partial charge is 0.270 e. The lowest BCUT2D eigenvalue weighted by atomic mass is 10.1. The van der Waals surface area contributed by atoms with Crippen LogP contribution >= 0.6 is 11.6 Å². The SMILES string of the molecule is Cn1c2nc3ccccc3c-2c(Cl)c2cc([N+](=O)[O-])ccc21. The molecule has 0 aromatic heterocycles. The second kappa shape index (κ2) is 4.42. The fraction of sp³-hybridized carbons (Fsp3) is 0.0625. The summed E-state index contributed by atoms with van der Waals surface area (Å²) in [6.07, 6.45) is 0. The number of rotatable bonds is 1. The van der Waals surface area contributed by atoms with Crippen LogP contribution in [0.3, 0.4) is 0 Å². The molecule has 0 unspecified atom stereocenters. The molecule has 0 amide bonds. The van der Waals surface area contributed by atoms with Crippen molar-refractivity contribution in [3.8, 4) is 11.4 Å². The lowest BCUT2D eigenvalue weighted by molar-refractivity contribution is -0.384. The highest BCUT2D eigenvalue weighted by Crippen LogP contribution is 2.41. The third-order valence-electron chi connectivity index (χ3n) is 3.95. The molecule has 0 atom stereocenters. The molecule has 0 fully saturated rings. The molecule has 0 saturated carbocycles. The molecule has 0 bridgehead atoms. The van der Waals surface area contributed by atoms with E-state index in [1.165, 1.54) is 12.1 Å². The molecule has 0 saturated heterocycles. The van der Waals surface area contributed by atoms with E-state index in [1.807, 2.05) is 35.9 Å². The molecular formula is C16H10ClN3O2. The van der Waals surface area contributed by atoms with Crippen LogP contribution in [0.15, 0.2) is 42.5 Å². The highest BCUT2D eigenvalue weighted by molar-refractivity contribution is 6.39. The van der Waals surface area contributed by atoms with Crippen LogP contribution in [0.2, 0.25) is 5.02 Å². The van der Waals surface area contributed by atoms with Crippen LogP contribution in [0, 0.1) is 10.1 Å². The van der Waals surface area contributed by atoms with E-state index < -0.39 is 4.92 Å². The largest absolute Gasteiger partial charge is 0.328 e. The molecule has 4 rings (SSSR count). The lowest BCUT2D eigenvalue weighted by Gasteiger charge is -2.13. The molecule has 0 N–H and O–H groups in total. The van der Waals surface area contributed by atoms with E-state index >= 15 is 0 Å². The number of aromatic nitrogens is 2. The number of benzene rings is 2. The molecule has 2 aliphatic rings. The number of nitro groups is 1. The van der Waals surface area contributed by atoms with Gasteiger partial charge in [0.1, 0.15) is 5.82 Å². The van der Waals surface area contributed by atoms with E-state index in [-0.39, 0.29) is 5.69 Å². The molecule has 0 spiro atoms. The van der Waals surface area contributed by atoms with Gasteiger partial charge in [-0.1, -0.05) is 29.8 Å². The summed E-state index contributed by atoms with van der Waals surface area (Å²) in [6, 6.07) is 12.4. The van der Waals surface area contributed by atoms with Gasteiger partial charge in [-0.3, -0.25) is 10.1 Å². The summed E-state index contributed by atoms with van der Waals surface area (Å²) in [5, 5.41) is 13.1. The number of non-ortho nitro benzene ring substituents is 1. The normalized spacial score (nSPS) is 11.5. The summed E-state index contributed by atoms with van der Waals surface area (Å²) in [5.74, 6) is 0.771. The third kappa shape index (κ3) is 1.63. The van der Waals surface area contributed by atoms with Gasteiger partial charge in [0.25, 0.3) is 5.69 Å². The standard InChI is InChI=1S/C16H10ClN3O2/c1-19-13-7-6-9(20(21)22)8-11(13)15(17)14-10-4-2-3-5-12(10)18-16(14)19/h2-8H,1H3. The predicted octanol–water partition coefficient (Wildman–Crippen LogP) is 4.39. The first-order valence-electron chi connectivity index (χ1n) is 6.68. The number of hydrogen-bond acceptors (Lipinski definition) is 3. The van der Waals surface area contributed by atoms with Gasteiger partial charge in [-0.15, -0.1) is 0 Å². The van der Waals surface area contributed by atoms with Gasteiger partial charge >= 0.3 is 0 Å². The highest BCUT2D eigenvalue weighted by Gasteiger charge is 2.22. The first-order chi connectivity index (χ1) is 10.6. The fourth-order valence-electron chi connectivity index (χ4n) is 2.89.